The number of rotatable bonds is 8. The molecular weight excluding hydrogens is 392 g/mol. The number of hydrogen-bond acceptors (Lipinski definition) is 8. The fourth-order valence-electron chi connectivity index (χ4n) is 3.42. The van der Waals surface area contributed by atoms with E-state index in [4.69, 9.17) is 14.6 Å². The lowest BCUT2D eigenvalue weighted by Crippen LogP contribution is -2.60. The van der Waals surface area contributed by atoms with E-state index in [0.29, 0.717) is 24.2 Å². The molecule has 8 heteroatoms. The Hall–Kier alpha value is -2.04. The van der Waals surface area contributed by atoms with Gasteiger partial charge in [0.25, 0.3) is 0 Å². The second kappa shape index (κ2) is 10.3. The van der Waals surface area contributed by atoms with E-state index in [-0.39, 0.29) is 13.2 Å². The highest BCUT2D eigenvalue weighted by atomic mass is 16.7. The summed E-state index contributed by atoms with van der Waals surface area (Å²) in [6, 6.07) is 12.9. The predicted octanol–water partition coefficient (Wildman–Crippen LogP) is -0.517. The minimum atomic E-state index is -1.54. The van der Waals surface area contributed by atoms with Gasteiger partial charge in [-0.05, 0) is 34.7 Å². The van der Waals surface area contributed by atoms with Crippen LogP contribution in [-0.2, 0) is 24.2 Å². The van der Waals surface area contributed by atoms with E-state index < -0.39 is 37.3 Å². The molecule has 8 nitrogen and oxygen atoms in total. The van der Waals surface area contributed by atoms with Crippen LogP contribution in [0.1, 0.15) is 22.3 Å². The molecule has 1 fully saturated rings. The zero-order chi connectivity index (χ0) is 21.7. The Morgan fingerprint density at radius 2 is 1.47 bits per heavy atom. The van der Waals surface area contributed by atoms with E-state index in [1.807, 2.05) is 24.3 Å². The van der Waals surface area contributed by atoms with E-state index in [0.717, 1.165) is 16.7 Å². The standard InChI is InChI=1S/C22H28O8/c23-8-7-13-1-3-14(4-2-13)9-16-6-5-15(11-24)10-17(16)29-22-21(28)20(27)19(26)18(12-25)30-22/h1-6,10,18-28H,7-9,11-12H2/t18-,19-,20+,21-,22+/m1/s1. The predicted molar refractivity (Wildman–Crippen MR) is 107 cm³/mol. The van der Waals surface area contributed by atoms with Crippen LogP contribution >= 0.6 is 0 Å². The molecule has 1 saturated heterocycles. The van der Waals surface area contributed by atoms with E-state index in [1.165, 1.54) is 0 Å². The van der Waals surface area contributed by atoms with Crippen LogP contribution in [0.4, 0.5) is 0 Å². The summed E-state index contributed by atoms with van der Waals surface area (Å²) in [6.45, 7) is -0.672. The maximum Gasteiger partial charge on any atom is 0.229 e. The third-order valence-electron chi connectivity index (χ3n) is 5.22. The molecular formula is C22H28O8. The molecule has 30 heavy (non-hydrogen) atoms. The van der Waals surface area contributed by atoms with Gasteiger partial charge in [-0.3, -0.25) is 0 Å². The molecule has 3 rings (SSSR count). The summed E-state index contributed by atoms with van der Waals surface area (Å²) in [5, 5.41) is 58.1. The number of hydrogen-bond donors (Lipinski definition) is 6. The highest BCUT2D eigenvalue weighted by molar-refractivity contribution is 5.41. The molecule has 0 bridgehead atoms. The second-order valence-corrected chi connectivity index (χ2v) is 7.38. The highest BCUT2D eigenvalue weighted by Crippen LogP contribution is 2.29. The van der Waals surface area contributed by atoms with Crippen molar-refractivity contribution in [2.24, 2.45) is 0 Å². The lowest BCUT2D eigenvalue weighted by molar-refractivity contribution is -0.277. The first-order valence-electron chi connectivity index (χ1n) is 9.85. The third-order valence-corrected chi connectivity index (χ3v) is 5.22. The molecule has 0 spiro atoms. The van der Waals surface area contributed by atoms with Crippen molar-refractivity contribution in [2.75, 3.05) is 13.2 Å². The normalized spacial score (nSPS) is 26.5. The molecule has 0 aliphatic carbocycles. The van der Waals surface area contributed by atoms with Crippen LogP contribution in [-0.4, -0.2) is 74.6 Å². The van der Waals surface area contributed by atoms with Crippen LogP contribution < -0.4 is 4.74 Å². The summed E-state index contributed by atoms with van der Waals surface area (Å²) in [5.41, 5.74) is 3.37. The van der Waals surface area contributed by atoms with Gasteiger partial charge in [0.2, 0.25) is 6.29 Å². The zero-order valence-corrected chi connectivity index (χ0v) is 16.5. The number of benzene rings is 2. The van der Waals surface area contributed by atoms with E-state index >= 15 is 0 Å². The number of ether oxygens (including phenoxy) is 2. The molecule has 2 aromatic rings. The van der Waals surface area contributed by atoms with Crippen LogP contribution in [0.3, 0.4) is 0 Å². The smallest absolute Gasteiger partial charge is 0.229 e. The van der Waals surface area contributed by atoms with E-state index in [1.54, 1.807) is 18.2 Å². The lowest BCUT2D eigenvalue weighted by Gasteiger charge is -2.39. The number of aliphatic hydroxyl groups is 6. The lowest BCUT2D eigenvalue weighted by atomic mass is 9.99. The molecule has 2 aromatic carbocycles. The zero-order valence-electron chi connectivity index (χ0n) is 16.5. The molecule has 164 valence electrons. The fraction of sp³-hybridized carbons (Fsp3) is 0.455. The SMILES string of the molecule is OCCc1ccc(Cc2ccc(CO)cc2O[C@H]2O[C@H](CO)[C@@H](O)[C@H](O)[C@H]2O)cc1. The van der Waals surface area contributed by atoms with Crippen molar-refractivity contribution in [3.05, 3.63) is 64.7 Å². The van der Waals surface area contributed by atoms with Crippen molar-refractivity contribution < 1.29 is 40.1 Å². The summed E-state index contributed by atoms with van der Waals surface area (Å²) in [4.78, 5) is 0. The Bertz CT molecular complexity index is 807. The first-order chi connectivity index (χ1) is 14.5. The summed E-state index contributed by atoms with van der Waals surface area (Å²) >= 11 is 0. The highest BCUT2D eigenvalue weighted by Gasteiger charge is 2.44. The van der Waals surface area contributed by atoms with Gasteiger partial charge in [0, 0.05) is 13.0 Å². The van der Waals surface area contributed by atoms with Crippen LogP contribution in [0, 0.1) is 0 Å². The van der Waals surface area contributed by atoms with Crippen molar-refractivity contribution in [3.63, 3.8) is 0 Å². The quantitative estimate of drug-likeness (QED) is 0.335. The fourth-order valence-corrected chi connectivity index (χ4v) is 3.42. The van der Waals surface area contributed by atoms with Crippen LogP contribution in [0.15, 0.2) is 42.5 Å². The van der Waals surface area contributed by atoms with Crippen molar-refractivity contribution in [1.29, 1.82) is 0 Å². The summed E-state index contributed by atoms with van der Waals surface area (Å²) in [5.74, 6) is 0.352. The Kier molecular flexibility index (Phi) is 7.79. The van der Waals surface area contributed by atoms with E-state index in [9.17, 15) is 25.5 Å². The second-order valence-electron chi connectivity index (χ2n) is 7.38. The van der Waals surface area contributed by atoms with Gasteiger partial charge in [-0.25, -0.2) is 0 Å². The Morgan fingerprint density at radius 3 is 2.10 bits per heavy atom. The van der Waals surface area contributed by atoms with Crippen molar-refractivity contribution >= 4 is 0 Å². The Labute approximate surface area is 174 Å². The van der Waals surface area contributed by atoms with Gasteiger partial charge in [0.15, 0.2) is 0 Å². The maximum atomic E-state index is 10.3. The van der Waals surface area contributed by atoms with Crippen LogP contribution in [0.2, 0.25) is 0 Å². The molecule has 0 saturated carbocycles. The van der Waals surface area contributed by atoms with Gasteiger partial charge < -0.3 is 40.1 Å². The third kappa shape index (κ3) is 5.16. The van der Waals surface area contributed by atoms with Crippen LogP contribution in [0.5, 0.6) is 5.75 Å². The first-order valence-corrected chi connectivity index (χ1v) is 9.85. The molecule has 0 unspecified atom stereocenters. The topological polar surface area (TPSA) is 140 Å². The molecule has 0 aromatic heterocycles. The van der Waals surface area contributed by atoms with Gasteiger partial charge in [-0.2, -0.15) is 0 Å². The molecule has 5 atom stereocenters. The Balaban J connectivity index is 1.82. The average molecular weight is 420 g/mol. The molecule has 1 heterocycles. The largest absolute Gasteiger partial charge is 0.462 e. The van der Waals surface area contributed by atoms with Crippen molar-refractivity contribution in [2.45, 2.75) is 50.2 Å². The summed E-state index contributed by atoms with van der Waals surface area (Å²) in [6.07, 6.45) is -5.83. The first kappa shape index (κ1) is 22.6. The van der Waals surface area contributed by atoms with E-state index in [2.05, 4.69) is 0 Å². The van der Waals surface area contributed by atoms with Crippen molar-refractivity contribution in [1.82, 2.24) is 0 Å². The monoisotopic (exact) mass is 420 g/mol. The van der Waals surface area contributed by atoms with Crippen molar-refractivity contribution in [3.8, 4) is 5.75 Å². The summed E-state index contributed by atoms with van der Waals surface area (Å²) in [7, 11) is 0. The summed E-state index contributed by atoms with van der Waals surface area (Å²) < 4.78 is 11.3. The van der Waals surface area contributed by atoms with Gasteiger partial charge in [0.1, 0.15) is 30.2 Å². The minimum Gasteiger partial charge on any atom is -0.462 e. The molecule has 0 radical (unpaired) electrons. The minimum absolute atomic E-state index is 0.0824. The van der Waals surface area contributed by atoms with Gasteiger partial charge in [-0.15, -0.1) is 0 Å². The molecule has 0 amide bonds. The molecule has 1 aliphatic rings. The van der Waals surface area contributed by atoms with Gasteiger partial charge >= 0.3 is 0 Å². The van der Waals surface area contributed by atoms with Gasteiger partial charge in [0.05, 0.1) is 13.2 Å². The Morgan fingerprint density at radius 1 is 0.800 bits per heavy atom. The molecule has 1 aliphatic heterocycles. The molecule has 6 N–H and O–H groups in total. The maximum absolute atomic E-state index is 10.3. The average Bonchev–Trinajstić information content (AvgIpc) is 2.76. The van der Waals surface area contributed by atoms with Gasteiger partial charge in [-0.1, -0.05) is 36.4 Å². The van der Waals surface area contributed by atoms with Crippen LogP contribution in [0.25, 0.3) is 0 Å². The number of aliphatic hydroxyl groups excluding tert-OH is 6.